The lowest BCUT2D eigenvalue weighted by Gasteiger charge is -2.34. The molecule has 0 aromatic heterocycles. The van der Waals surface area contributed by atoms with E-state index < -0.39 is 33.1 Å². The Kier molecular flexibility index (Phi) is 5.21. The normalized spacial score (nSPS) is 18.3. The molecule has 1 fully saturated rings. The molecule has 2 rings (SSSR count). The highest BCUT2D eigenvalue weighted by Crippen LogP contribution is 2.31. The SMILES string of the molecule is NC(=O)C1(CNS(=O)(=O)c2ccc(C(F)(F)F)cc2)CCOCC1. The Morgan fingerprint density at radius 1 is 1.21 bits per heavy atom. The number of alkyl halides is 3. The van der Waals surface area contributed by atoms with Crippen LogP contribution in [-0.2, 0) is 25.7 Å². The van der Waals surface area contributed by atoms with E-state index in [1.54, 1.807) is 0 Å². The van der Waals surface area contributed by atoms with Crippen LogP contribution in [0.25, 0.3) is 0 Å². The number of benzene rings is 1. The largest absolute Gasteiger partial charge is 0.416 e. The van der Waals surface area contributed by atoms with E-state index in [4.69, 9.17) is 10.5 Å². The van der Waals surface area contributed by atoms with Crippen LogP contribution in [0.3, 0.4) is 0 Å². The molecule has 1 aromatic carbocycles. The maximum Gasteiger partial charge on any atom is 0.416 e. The summed E-state index contributed by atoms with van der Waals surface area (Å²) in [5.41, 5.74) is 3.38. The van der Waals surface area contributed by atoms with Crippen molar-refractivity contribution in [3.05, 3.63) is 29.8 Å². The smallest absolute Gasteiger partial charge is 0.381 e. The lowest BCUT2D eigenvalue weighted by Crippen LogP contribution is -2.49. The average Bonchev–Trinajstić information content (AvgIpc) is 2.53. The molecule has 1 amide bonds. The molecule has 0 radical (unpaired) electrons. The summed E-state index contributed by atoms with van der Waals surface area (Å²) in [5, 5.41) is 0. The molecule has 0 saturated carbocycles. The summed E-state index contributed by atoms with van der Waals surface area (Å²) >= 11 is 0. The second kappa shape index (κ2) is 6.69. The molecule has 0 bridgehead atoms. The van der Waals surface area contributed by atoms with Crippen molar-refractivity contribution in [1.82, 2.24) is 4.72 Å². The number of halogens is 3. The van der Waals surface area contributed by atoms with Crippen molar-refractivity contribution in [1.29, 1.82) is 0 Å². The summed E-state index contributed by atoms with van der Waals surface area (Å²) in [6, 6.07) is 3.11. The van der Waals surface area contributed by atoms with E-state index in [1.807, 2.05) is 0 Å². The van der Waals surface area contributed by atoms with Gasteiger partial charge < -0.3 is 10.5 Å². The number of nitrogens with one attached hydrogen (secondary N) is 1. The van der Waals surface area contributed by atoms with Crippen molar-refractivity contribution in [2.45, 2.75) is 23.9 Å². The van der Waals surface area contributed by atoms with E-state index >= 15 is 0 Å². The molecular weight excluding hydrogens is 349 g/mol. The molecule has 0 atom stereocenters. The van der Waals surface area contributed by atoms with Crippen LogP contribution in [0.15, 0.2) is 29.2 Å². The molecule has 1 aliphatic heterocycles. The van der Waals surface area contributed by atoms with Crippen molar-refractivity contribution in [3.63, 3.8) is 0 Å². The summed E-state index contributed by atoms with van der Waals surface area (Å²) in [5.74, 6) is -0.638. The standard InChI is InChI=1S/C14H17F3N2O4S/c15-14(16,17)10-1-3-11(4-2-10)24(21,22)19-9-13(12(18)20)5-7-23-8-6-13/h1-4,19H,5-9H2,(H2,18,20). The van der Waals surface area contributed by atoms with Gasteiger partial charge in [-0.2, -0.15) is 13.2 Å². The summed E-state index contributed by atoms with van der Waals surface area (Å²) in [6.07, 6.45) is -4.00. The average molecular weight is 366 g/mol. The van der Waals surface area contributed by atoms with Crippen molar-refractivity contribution in [3.8, 4) is 0 Å². The summed E-state index contributed by atoms with van der Waals surface area (Å²) < 4.78 is 69.4. The van der Waals surface area contributed by atoms with Gasteiger partial charge in [-0.3, -0.25) is 4.79 Å². The fraction of sp³-hybridized carbons (Fsp3) is 0.500. The van der Waals surface area contributed by atoms with Gasteiger partial charge in [0.05, 0.1) is 15.9 Å². The van der Waals surface area contributed by atoms with E-state index in [9.17, 15) is 26.4 Å². The molecular formula is C14H17F3N2O4S. The lowest BCUT2D eigenvalue weighted by atomic mass is 9.80. The Morgan fingerprint density at radius 3 is 2.21 bits per heavy atom. The third-order valence-electron chi connectivity index (χ3n) is 4.07. The van der Waals surface area contributed by atoms with Crippen LogP contribution in [0.2, 0.25) is 0 Å². The highest BCUT2D eigenvalue weighted by Gasteiger charge is 2.39. The number of hydrogen-bond acceptors (Lipinski definition) is 4. The number of carbonyl (C=O) groups is 1. The van der Waals surface area contributed by atoms with Crippen LogP contribution in [0.5, 0.6) is 0 Å². The predicted octanol–water partition coefficient (Wildman–Crippen LogP) is 1.27. The Bertz CT molecular complexity index is 696. The Morgan fingerprint density at radius 2 is 1.75 bits per heavy atom. The van der Waals surface area contributed by atoms with Crippen molar-refractivity contribution in [2.24, 2.45) is 11.1 Å². The molecule has 134 valence electrons. The number of nitrogens with two attached hydrogens (primary N) is 1. The van der Waals surface area contributed by atoms with E-state index in [0.29, 0.717) is 12.1 Å². The second-order valence-corrected chi connectivity index (χ2v) is 7.37. The minimum absolute atomic E-state index is 0.227. The van der Waals surface area contributed by atoms with Gasteiger partial charge in [-0.25, -0.2) is 13.1 Å². The van der Waals surface area contributed by atoms with E-state index in [-0.39, 0.29) is 37.5 Å². The Hall–Kier alpha value is -1.65. The number of amides is 1. The molecule has 6 nitrogen and oxygen atoms in total. The first-order valence-corrected chi connectivity index (χ1v) is 8.60. The fourth-order valence-electron chi connectivity index (χ4n) is 2.41. The first kappa shape index (κ1) is 18.7. The van der Waals surface area contributed by atoms with Gasteiger partial charge >= 0.3 is 6.18 Å². The van der Waals surface area contributed by atoms with Crippen molar-refractivity contribution >= 4 is 15.9 Å². The molecule has 0 aliphatic carbocycles. The highest BCUT2D eigenvalue weighted by molar-refractivity contribution is 7.89. The third-order valence-corrected chi connectivity index (χ3v) is 5.48. The zero-order chi connectivity index (χ0) is 18.0. The molecule has 1 aromatic rings. The number of hydrogen-bond donors (Lipinski definition) is 2. The number of rotatable bonds is 5. The third kappa shape index (κ3) is 4.05. The van der Waals surface area contributed by atoms with Gasteiger partial charge in [-0.05, 0) is 37.1 Å². The number of sulfonamides is 1. The van der Waals surface area contributed by atoms with Gasteiger partial charge in [-0.15, -0.1) is 0 Å². The van der Waals surface area contributed by atoms with Crippen molar-refractivity contribution in [2.75, 3.05) is 19.8 Å². The van der Waals surface area contributed by atoms with Gasteiger partial charge in [0.25, 0.3) is 0 Å². The van der Waals surface area contributed by atoms with Crippen LogP contribution >= 0.6 is 0 Å². The van der Waals surface area contributed by atoms with Crippen molar-refractivity contribution < 1.29 is 31.1 Å². The quantitative estimate of drug-likeness (QED) is 0.820. The first-order valence-electron chi connectivity index (χ1n) is 7.11. The predicted molar refractivity (Wildman–Crippen MR) is 78.3 cm³/mol. The maximum absolute atomic E-state index is 12.5. The molecule has 0 spiro atoms. The molecule has 1 saturated heterocycles. The molecule has 3 N–H and O–H groups in total. The van der Waals surface area contributed by atoms with E-state index in [2.05, 4.69) is 4.72 Å². The Balaban J connectivity index is 2.14. The van der Waals surface area contributed by atoms with Crippen LogP contribution in [0.4, 0.5) is 13.2 Å². The molecule has 24 heavy (non-hydrogen) atoms. The summed E-state index contributed by atoms with van der Waals surface area (Å²) in [7, 11) is -4.06. The number of carbonyl (C=O) groups excluding carboxylic acids is 1. The molecule has 1 heterocycles. The minimum Gasteiger partial charge on any atom is -0.381 e. The van der Waals surface area contributed by atoms with E-state index in [1.165, 1.54) is 0 Å². The number of ether oxygens (including phenoxy) is 1. The van der Waals surface area contributed by atoms with Crippen LogP contribution in [0.1, 0.15) is 18.4 Å². The van der Waals surface area contributed by atoms with Crippen LogP contribution in [0, 0.1) is 5.41 Å². The first-order chi connectivity index (χ1) is 11.1. The summed E-state index contributed by atoms with van der Waals surface area (Å²) in [6.45, 7) is 0.338. The summed E-state index contributed by atoms with van der Waals surface area (Å²) in [4.78, 5) is 11.4. The Labute approximate surface area is 137 Å². The zero-order valence-corrected chi connectivity index (χ0v) is 13.4. The molecule has 1 aliphatic rings. The second-order valence-electron chi connectivity index (χ2n) is 5.60. The minimum atomic E-state index is -4.55. The van der Waals surface area contributed by atoms with Gasteiger partial charge in [0.2, 0.25) is 15.9 Å². The topological polar surface area (TPSA) is 98.5 Å². The lowest BCUT2D eigenvalue weighted by molar-refractivity contribution is -0.137. The van der Waals surface area contributed by atoms with Gasteiger partial charge in [-0.1, -0.05) is 0 Å². The van der Waals surface area contributed by atoms with Gasteiger partial charge in [0, 0.05) is 19.8 Å². The molecule has 10 heteroatoms. The maximum atomic E-state index is 12.5. The fourth-order valence-corrected chi connectivity index (χ4v) is 3.54. The number of primary amides is 1. The van der Waals surface area contributed by atoms with Crippen LogP contribution in [-0.4, -0.2) is 34.1 Å². The zero-order valence-electron chi connectivity index (χ0n) is 12.6. The van der Waals surface area contributed by atoms with Gasteiger partial charge in [0.1, 0.15) is 0 Å². The van der Waals surface area contributed by atoms with E-state index in [0.717, 1.165) is 12.1 Å². The van der Waals surface area contributed by atoms with Gasteiger partial charge in [0.15, 0.2) is 0 Å². The highest BCUT2D eigenvalue weighted by atomic mass is 32.2. The molecule has 0 unspecified atom stereocenters. The monoisotopic (exact) mass is 366 g/mol. The van der Waals surface area contributed by atoms with Crippen LogP contribution < -0.4 is 10.5 Å².